The van der Waals surface area contributed by atoms with Gasteiger partial charge in [-0.1, -0.05) is 12.1 Å². The van der Waals surface area contributed by atoms with Crippen LogP contribution in [0.5, 0.6) is 5.75 Å². The molecular formula is C17H15BrN2O2S. The quantitative estimate of drug-likeness (QED) is 0.662. The molecule has 3 rings (SSSR count). The molecule has 0 bridgehead atoms. The van der Waals surface area contributed by atoms with E-state index in [2.05, 4.69) is 27.0 Å². The first-order chi connectivity index (χ1) is 11.2. The van der Waals surface area contributed by atoms with E-state index in [-0.39, 0.29) is 5.56 Å². The number of nitrogens with zero attached hydrogens (tertiary/aromatic N) is 2. The van der Waals surface area contributed by atoms with E-state index in [1.165, 1.54) is 5.56 Å². The fraction of sp³-hybridized carbons (Fsp3) is 0.176. The van der Waals surface area contributed by atoms with Crippen molar-refractivity contribution in [1.29, 1.82) is 0 Å². The lowest BCUT2D eigenvalue weighted by atomic mass is 10.2. The van der Waals surface area contributed by atoms with E-state index in [0.717, 1.165) is 21.7 Å². The van der Waals surface area contributed by atoms with E-state index >= 15 is 0 Å². The van der Waals surface area contributed by atoms with Gasteiger partial charge in [0.1, 0.15) is 11.4 Å². The smallest absolute Gasteiger partial charge is 0.258 e. The van der Waals surface area contributed by atoms with Crippen LogP contribution in [0.4, 0.5) is 0 Å². The normalized spacial score (nSPS) is 10.9. The van der Waals surface area contributed by atoms with Gasteiger partial charge in [-0.15, -0.1) is 0 Å². The molecule has 4 nitrogen and oxygen atoms in total. The van der Waals surface area contributed by atoms with E-state index in [1.54, 1.807) is 35.5 Å². The van der Waals surface area contributed by atoms with Gasteiger partial charge in [0.05, 0.1) is 12.8 Å². The molecule has 0 spiro atoms. The number of pyridine rings is 1. The van der Waals surface area contributed by atoms with Crippen molar-refractivity contribution in [2.75, 3.05) is 7.11 Å². The number of hydrogen-bond acceptors (Lipinski definition) is 4. The van der Waals surface area contributed by atoms with Crippen molar-refractivity contribution in [3.63, 3.8) is 0 Å². The van der Waals surface area contributed by atoms with Gasteiger partial charge in [-0.25, -0.2) is 4.98 Å². The van der Waals surface area contributed by atoms with Crippen molar-refractivity contribution in [1.82, 2.24) is 9.38 Å². The van der Waals surface area contributed by atoms with Crippen molar-refractivity contribution < 1.29 is 4.74 Å². The maximum absolute atomic E-state index is 12.1. The molecule has 0 amide bonds. The van der Waals surface area contributed by atoms with Crippen LogP contribution in [0.25, 0.3) is 5.65 Å². The summed E-state index contributed by atoms with van der Waals surface area (Å²) in [7, 11) is 1.66. The predicted molar refractivity (Wildman–Crippen MR) is 97.2 cm³/mol. The average molecular weight is 391 g/mol. The van der Waals surface area contributed by atoms with Gasteiger partial charge < -0.3 is 4.74 Å². The van der Waals surface area contributed by atoms with Gasteiger partial charge in [0.25, 0.3) is 5.56 Å². The summed E-state index contributed by atoms with van der Waals surface area (Å²) < 4.78 is 7.62. The van der Waals surface area contributed by atoms with Crippen LogP contribution in [0.3, 0.4) is 0 Å². The largest absolute Gasteiger partial charge is 0.497 e. The molecule has 6 heteroatoms. The van der Waals surface area contributed by atoms with E-state index in [0.29, 0.717) is 11.4 Å². The Labute approximate surface area is 146 Å². The molecule has 0 atom stereocenters. The van der Waals surface area contributed by atoms with Crippen LogP contribution in [0.2, 0.25) is 0 Å². The highest BCUT2D eigenvalue weighted by Crippen LogP contribution is 2.20. The van der Waals surface area contributed by atoms with Crippen molar-refractivity contribution in [2.24, 2.45) is 0 Å². The zero-order chi connectivity index (χ0) is 16.2. The molecule has 0 saturated heterocycles. The Hall–Kier alpha value is -1.79. The molecule has 0 unspecified atom stereocenters. The lowest BCUT2D eigenvalue weighted by molar-refractivity contribution is 0.414. The summed E-state index contributed by atoms with van der Waals surface area (Å²) in [5, 5.41) is 0. The van der Waals surface area contributed by atoms with E-state index in [9.17, 15) is 4.79 Å². The van der Waals surface area contributed by atoms with Crippen LogP contribution in [0, 0.1) is 0 Å². The molecule has 3 aromatic rings. The van der Waals surface area contributed by atoms with Crippen LogP contribution in [0.1, 0.15) is 11.3 Å². The number of thioether (sulfide) groups is 1. The second-order valence-electron chi connectivity index (χ2n) is 5.01. The van der Waals surface area contributed by atoms with Gasteiger partial charge in [0.15, 0.2) is 0 Å². The summed E-state index contributed by atoms with van der Waals surface area (Å²) in [6, 6.07) is 13.3. The molecular weight excluding hydrogens is 376 g/mol. The fourth-order valence-corrected chi connectivity index (χ4v) is 3.45. The number of aromatic nitrogens is 2. The molecule has 0 radical (unpaired) electrons. The maximum atomic E-state index is 12.1. The third kappa shape index (κ3) is 3.95. The number of methoxy groups -OCH3 is 1. The number of rotatable bonds is 5. The molecule has 0 fully saturated rings. The lowest BCUT2D eigenvalue weighted by Crippen LogP contribution is -2.15. The van der Waals surface area contributed by atoms with Crippen LogP contribution in [-0.2, 0) is 11.5 Å². The van der Waals surface area contributed by atoms with Crippen LogP contribution >= 0.6 is 27.7 Å². The van der Waals surface area contributed by atoms with E-state index in [1.807, 2.05) is 30.3 Å². The SMILES string of the molecule is COc1cccc(CSCc2cc(=O)n3cc(Br)ccc3n2)c1. The summed E-state index contributed by atoms with van der Waals surface area (Å²) >= 11 is 5.09. The third-order valence-corrected chi connectivity index (χ3v) is 4.84. The molecule has 0 N–H and O–H groups in total. The molecule has 1 aromatic carbocycles. The lowest BCUT2D eigenvalue weighted by Gasteiger charge is -2.06. The minimum atomic E-state index is -0.0618. The Morgan fingerprint density at radius 1 is 1.22 bits per heavy atom. The first-order valence-corrected chi connectivity index (χ1v) is 8.99. The summed E-state index contributed by atoms with van der Waals surface area (Å²) in [6.07, 6.45) is 1.73. The monoisotopic (exact) mass is 390 g/mol. The Balaban J connectivity index is 1.72. The summed E-state index contributed by atoms with van der Waals surface area (Å²) in [4.78, 5) is 16.7. The minimum absolute atomic E-state index is 0.0618. The number of halogens is 1. The highest BCUT2D eigenvalue weighted by molar-refractivity contribution is 9.10. The Bertz CT molecular complexity index is 895. The average Bonchev–Trinajstić information content (AvgIpc) is 2.56. The molecule has 2 aromatic heterocycles. The summed E-state index contributed by atoms with van der Waals surface area (Å²) in [5.74, 6) is 2.40. The van der Waals surface area contributed by atoms with Gasteiger partial charge >= 0.3 is 0 Å². The number of benzene rings is 1. The van der Waals surface area contributed by atoms with Gasteiger partial charge in [-0.3, -0.25) is 9.20 Å². The fourth-order valence-electron chi connectivity index (χ4n) is 2.24. The number of ether oxygens (including phenoxy) is 1. The van der Waals surface area contributed by atoms with Crippen molar-refractivity contribution >= 4 is 33.3 Å². The second kappa shape index (κ2) is 7.19. The van der Waals surface area contributed by atoms with Gasteiger partial charge in [0, 0.05) is 28.2 Å². The molecule has 0 saturated carbocycles. The van der Waals surface area contributed by atoms with Gasteiger partial charge in [-0.2, -0.15) is 11.8 Å². The molecule has 118 valence electrons. The predicted octanol–water partition coefficient (Wildman–Crippen LogP) is 3.90. The van der Waals surface area contributed by atoms with Crippen molar-refractivity contribution in [2.45, 2.75) is 11.5 Å². The molecule has 0 aliphatic heterocycles. The number of fused-ring (bicyclic) bond motifs is 1. The molecule has 0 aliphatic carbocycles. The Morgan fingerprint density at radius 2 is 2.09 bits per heavy atom. The summed E-state index contributed by atoms with van der Waals surface area (Å²) in [5.41, 5.74) is 2.59. The topological polar surface area (TPSA) is 43.6 Å². The summed E-state index contributed by atoms with van der Waals surface area (Å²) in [6.45, 7) is 0. The van der Waals surface area contributed by atoms with E-state index in [4.69, 9.17) is 4.74 Å². The first-order valence-electron chi connectivity index (χ1n) is 7.04. The molecule has 0 aliphatic rings. The minimum Gasteiger partial charge on any atom is -0.497 e. The van der Waals surface area contributed by atoms with Gasteiger partial charge in [-0.05, 0) is 45.8 Å². The van der Waals surface area contributed by atoms with Crippen LogP contribution in [0.15, 0.2) is 57.9 Å². The zero-order valence-corrected chi connectivity index (χ0v) is 14.9. The first kappa shape index (κ1) is 16.1. The third-order valence-electron chi connectivity index (χ3n) is 3.33. The second-order valence-corrected chi connectivity index (χ2v) is 6.91. The van der Waals surface area contributed by atoms with Gasteiger partial charge in [0.2, 0.25) is 0 Å². The maximum Gasteiger partial charge on any atom is 0.258 e. The molecule has 2 heterocycles. The highest BCUT2D eigenvalue weighted by Gasteiger charge is 2.04. The number of hydrogen-bond donors (Lipinski definition) is 0. The van der Waals surface area contributed by atoms with Crippen LogP contribution < -0.4 is 10.3 Å². The highest BCUT2D eigenvalue weighted by atomic mass is 79.9. The zero-order valence-electron chi connectivity index (χ0n) is 12.5. The Kier molecular flexibility index (Phi) is 5.03. The standard InChI is InChI=1S/C17H15BrN2O2S/c1-22-15-4-2-3-12(7-15)10-23-11-14-8-17(21)20-9-13(18)5-6-16(20)19-14/h2-9H,10-11H2,1H3. The van der Waals surface area contributed by atoms with Crippen molar-refractivity contribution in [3.05, 3.63) is 74.7 Å². The molecule has 23 heavy (non-hydrogen) atoms. The Morgan fingerprint density at radius 3 is 2.91 bits per heavy atom. The van der Waals surface area contributed by atoms with Crippen LogP contribution in [-0.4, -0.2) is 16.5 Å². The van der Waals surface area contributed by atoms with Crippen molar-refractivity contribution in [3.8, 4) is 5.75 Å². The van der Waals surface area contributed by atoms with E-state index < -0.39 is 0 Å².